The molecule has 0 spiro atoms. The fourth-order valence-corrected chi connectivity index (χ4v) is 4.94. The molecule has 0 radical (unpaired) electrons. The molecule has 1 aromatic rings. The van der Waals surface area contributed by atoms with Gasteiger partial charge < -0.3 is 70.3 Å². The number of esters is 1. The van der Waals surface area contributed by atoms with Gasteiger partial charge in [0.2, 0.25) is 17.7 Å². The Hall–Kier alpha value is -3.34. The lowest BCUT2D eigenvalue weighted by molar-refractivity contribution is -0.292. The lowest BCUT2D eigenvalue weighted by Gasteiger charge is -2.38. The van der Waals surface area contributed by atoms with Gasteiger partial charge >= 0.3 is 5.97 Å². The lowest BCUT2D eigenvalue weighted by atomic mass is 10.0. The first kappa shape index (κ1) is 41.1. The van der Waals surface area contributed by atoms with Gasteiger partial charge in [0.15, 0.2) is 12.6 Å². The smallest absolute Gasteiger partial charge is 0.325 e. The number of aliphatic hydroxyl groups excluding tert-OH is 6. The number of carbonyl (C=O) groups is 4. The molecule has 282 valence electrons. The fourth-order valence-electron chi connectivity index (χ4n) is 4.94. The molecule has 10 atom stereocenters. The summed E-state index contributed by atoms with van der Waals surface area (Å²) in [6.07, 6.45) is -12.7. The Morgan fingerprint density at radius 3 is 1.56 bits per heavy atom. The third-order valence-corrected chi connectivity index (χ3v) is 7.80. The van der Waals surface area contributed by atoms with E-state index in [4.69, 9.17) is 23.7 Å². The first-order valence-electron chi connectivity index (χ1n) is 16.1. The summed E-state index contributed by atoms with van der Waals surface area (Å²) in [4.78, 5) is 51.4. The minimum atomic E-state index is -1.52. The Morgan fingerprint density at radius 2 is 1.10 bits per heavy atom. The van der Waals surface area contributed by atoms with Gasteiger partial charge in [0.25, 0.3) is 0 Å². The van der Waals surface area contributed by atoms with Crippen molar-refractivity contribution in [3.05, 3.63) is 35.9 Å². The molecule has 19 nitrogen and oxygen atoms in total. The highest BCUT2D eigenvalue weighted by Crippen LogP contribution is 2.22. The number of nitrogens with zero attached hydrogens (tertiary/aromatic N) is 1. The Bertz CT molecular complexity index is 1170. The molecule has 2 fully saturated rings. The highest BCUT2D eigenvalue weighted by atomic mass is 16.7. The SMILES string of the molecule is C[C@@H]1O[C@@H](OCCNC(=O)CN(CC(=O)NCCO[C@@H]2O[C@@H](C)[C@@H](O)[C@@H](O)[C@@H]2O)CC(=O)NCC(=O)OCc2ccccc2)[C@@H](O)[C@H](O)[C@@H]1O. The number of rotatable bonds is 18. The summed E-state index contributed by atoms with van der Waals surface area (Å²) in [5, 5.41) is 67.0. The zero-order chi connectivity index (χ0) is 36.8. The van der Waals surface area contributed by atoms with E-state index in [2.05, 4.69) is 16.0 Å². The van der Waals surface area contributed by atoms with Gasteiger partial charge in [0, 0.05) is 13.1 Å². The van der Waals surface area contributed by atoms with Gasteiger partial charge in [0.1, 0.15) is 49.8 Å². The van der Waals surface area contributed by atoms with E-state index in [1.54, 1.807) is 24.3 Å². The average Bonchev–Trinajstić information content (AvgIpc) is 3.09. The topological polar surface area (TPSA) is 275 Å². The normalized spacial score (nSPS) is 29.6. The van der Waals surface area contributed by atoms with Crippen LogP contribution in [-0.2, 0) is 49.5 Å². The van der Waals surface area contributed by atoms with E-state index < -0.39 is 111 Å². The third kappa shape index (κ3) is 13.1. The molecule has 0 aliphatic carbocycles. The molecule has 1 aromatic carbocycles. The molecule has 2 heterocycles. The van der Waals surface area contributed by atoms with E-state index in [0.717, 1.165) is 5.56 Å². The van der Waals surface area contributed by atoms with E-state index >= 15 is 0 Å². The maximum absolute atomic E-state index is 12.7. The van der Waals surface area contributed by atoms with Gasteiger partial charge in [-0.2, -0.15) is 0 Å². The van der Waals surface area contributed by atoms with Gasteiger partial charge in [0.05, 0.1) is 45.1 Å². The highest BCUT2D eigenvalue weighted by Gasteiger charge is 2.43. The molecule has 19 heteroatoms. The minimum absolute atomic E-state index is 0.0101. The van der Waals surface area contributed by atoms with E-state index in [1.165, 1.54) is 18.7 Å². The minimum Gasteiger partial charge on any atom is -0.460 e. The van der Waals surface area contributed by atoms with Crippen LogP contribution in [0.15, 0.2) is 30.3 Å². The van der Waals surface area contributed by atoms with Gasteiger partial charge in [-0.15, -0.1) is 0 Å². The summed E-state index contributed by atoms with van der Waals surface area (Å²) in [5.41, 5.74) is 0.757. The van der Waals surface area contributed by atoms with Crippen molar-refractivity contribution < 1.29 is 73.5 Å². The number of carbonyl (C=O) groups excluding carboxylic acids is 4. The van der Waals surface area contributed by atoms with Crippen molar-refractivity contribution in [3.63, 3.8) is 0 Å². The molecule has 2 aliphatic rings. The Kier molecular flexibility index (Phi) is 16.8. The summed E-state index contributed by atoms with van der Waals surface area (Å²) in [6.45, 7) is 0.776. The van der Waals surface area contributed by atoms with Crippen molar-refractivity contribution >= 4 is 23.7 Å². The second kappa shape index (κ2) is 20.5. The van der Waals surface area contributed by atoms with Crippen molar-refractivity contribution in [2.75, 3.05) is 52.5 Å². The Balaban J connectivity index is 1.46. The van der Waals surface area contributed by atoms with Crippen LogP contribution < -0.4 is 16.0 Å². The van der Waals surface area contributed by atoms with Gasteiger partial charge in [-0.05, 0) is 19.4 Å². The van der Waals surface area contributed by atoms with Crippen LogP contribution in [0.3, 0.4) is 0 Å². The molecular weight excluding hydrogens is 668 g/mol. The summed E-state index contributed by atoms with van der Waals surface area (Å²) in [6, 6.07) is 8.92. The predicted octanol–water partition coefficient (Wildman–Crippen LogP) is -4.93. The Labute approximate surface area is 288 Å². The van der Waals surface area contributed by atoms with Crippen LogP contribution in [0.1, 0.15) is 19.4 Å². The number of nitrogens with one attached hydrogen (secondary N) is 3. The second-order valence-corrected chi connectivity index (χ2v) is 11.9. The lowest BCUT2D eigenvalue weighted by Crippen LogP contribution is -2.57. The zero-order valence-corrected chi connectivity index (χ0v) is 27.8. The summed E-state index contributed by atoms with van der Waals surface area (Å²) in [7, 11) is 0. The number of hydrogen-bond donors (Lipinski definition) is 9. The largest absolute Gasteiger partial charge is 0.460 e. The molecule has 0 unspecified atom stereocenters. The third-order valence-electron chi connectivity index (χ3n) is 7.80. The monoisotopic (exact) mass is 716 g/mol. The van der Waals surface area contributed by atoms with Crippen LogP contribution in [0.2, 0.25) is 0 Å². The predicted molar refractivity (Wildman–Crippen MR) is 168 cm³/mol. The van der Waals surface area contributed by atoms with Gasteiger partial charge in [-0.3, -0.25) is 24.1 Å². The Morgan fingerprint density at radius 1 is 0.660 bits per heavy atom. The van der Waals surface area contributed by atoms with Crippen molar-refractivity contribution in [1.29, 1.82) is 0 Å². The zero-order valence-electron chi connectivity index (χ0n) is 27.8. The number of benzene rings is 1. The van der Waals surface area contributed by atoms with Crippen LogP contribution >= 0.6 is 0 Å². The highest BCUT2D eigenvalue weighted by molar-refractivity contribution is 5.85. The van der Waals surface area contributed by atoms with Crippen molar-refractivity contribution in [1.82, 2.24) is 20.9 Å². The molecule has 50 heavy (non-hydrogen) atoms. The number of ether oxygens (including phenoxy) is 5. The molecule has 9 N–H and O–H groups in total. The second-order valence-electron chi connectivity index (χ2n) is 11.9. The van der Waals surface area contributed by atoms with Crippen molar-refractivity contribution in [3.8, 4) is 0 Å². The van der Waals surface area contributed by atoms with Crippen molar-refractivity contribution in [2.24, 2.45) is 0 Å². The van der Waals surface area contributed by atoms with Crippen LogP contribution in [0.5, 0.6) is 0 Å². The van der Waals surface area contributed by atoms with E-state index in [-0.39, 0.29) is 32.9 Å². The van der Waals surface area contributed by atoms with Crippen molar-refractivity contribution in [2.45, 2.75) is 81.9 Å². The van der Waals surface area contributed by atoms with Crippen LogP contribution in [0, 0.1) is 0 Å². The standard InChI is InChI=1S/C31H48N4O15/c1-17-24(40)26(42)28(44)30(49-17)46-10-8-32-20(36)13-35(15-22(38)34-12-23(39)48-16-19-6-4-3-5-7-19)14-21(37)33-9-11-47-31-29(45)27(43)25(41)18(2)50-31/h3-7,17-18,24-31,40-45H,8-16H2,1-2H3,(H,32,36)(H,33,37)(H,34,38)/t17-,18-,24+,25+,26+,27+,28-,29-,30+,31+/m0/s1. The maximum Gasteiger partial charge on any atom is 0.325 e. The fraction of sp³-hybridized carbons (Fsp3) is 0.677. The van der Waals surface area contributed by atoms with Gasteiger partial charge in [-0.25, -0.2) is 0 Å². The summed E-state index contributed by atoms with van der Waals surface area (Å²) < 4.78 is 26.6. The molecule has 2 aliphatic heterocycles. The average molecular weight is 717 g/mol. The molecule has 0 bridgehead atoms. The number of aliphatic hydroxyl groups is 6. The van der Waals surface area contributed by atoms with Crippen LogP contribution in [0.25, 0.3) is 0 Å². The van der Waals surface area contributed by atoms with Gasteiger partial charge in [-0.1, -0.05) is 30.3 Å². The quantitative estimate of drug-likeness (QED) is 0.0509. The van der Waals surface area contributed by atoms with E-state index in [0.29, 0.717) is 0 Å². The molecule has 3 amide bonds. The van der Waals surface area contributed by atoms with Crippen LogP contribution in [0.4, 0.5) is 0 Å². The number of amides is 3. The summed E-state index contributed by atoms with van der Waals surface area (Å²) >= 11 is 0. The maximum atomic E-state index is 12.7. The van der Waals surface area contributed by atoms with E-state index in [1.807, 2.05) is 6.07 Å². The molecular formula is C31H48N4O15. The number of hydrogen-bond acceptors (Lipinski definition) is 16. The summed E-state index contributed by atoms with van der Waals surface area (Å²) in [5.74, 6) is -2.58. The van der Waals surface area contributed by atoms with Crippen LogP contribution in [-0.4, -0.2) is 173 Å². The molecule has 0 aromatic heterocycles. The molecule has 0 saturated carbocycles. The molecule has 3 rings (SSSR count). The first-order chi connectivity index (χ1) is 23.8. The molecule has 2 saturated heterocycles. The first-order valence-corrected chi connectivity index (χ1v) is 16.1. The van der Waals surface area contributed by atoms with E-state index in [9.17, 15) is 49.8 Å².